The van der Waals surface area contributed by atoms with Gasteiger partial charge in [-0.05, 0) is 17.5 Å². The second kappa shape index (κ2) is 1.39. The first-order valence-electron chi connectivity index (χ1n) is 1.58. The summed E-state index contributed by atoms with van der Waals surface area (Å²) >= 11 is 1.11. The van der Waals surface area contributed by atoms with Crippen LogP contribution in [0.3, 0.4) is 0 Å². The van der Waals surface area contributed by atoms with Crippen molar-refractivity contribution >= 4 is 11.3 Å². The van der Waals surface area contributed by atoms with Gasteiger partial charge in [0.05, 0.1) is 0 Å². The van der Waals surface area contributed by atoms with E-state index in [2.05, 4.69) is 0 Å². The number of halogens is 1. The van der Waals surface area contributed by atoms with Crippen LogP contribution in [0.1, 0.15) is 0 Å². The smallest absolute Gasteiger partial charge is 0.176 e. The maximum atomic E-state index is 11.7. The molecule has 0 saturated carbocycles. The summed E-state index contributed by atoms with van der Waals surface area (Å²) in [6.07, 6.45) is 0. The van der Waals surface area contributed by atoms with Crippen LogP contribution in [0.2, 0.25) is 0 Å². The third-order valence-electron chi connectivity index (χ3n) is 0.486. The Morgan fingerprint density at radius 1 is 1.67 bits per heavy atom. The largest absolute Gasteiger partial charge is 0.195 e. The van der Waals surface area contributed by atoms with Gasteiger partial charge in [-0.3, -0.25) is 0 Å². The molecule has 6 heavy (non-hydrogen) atoms. The average Bonchev–Trinajstić information content (AvgIpc) is 1.86. The molecule has 0 saturated heterocycles. The monoisotopic (exact) mass is 101 g/mol. The molecule has 0 N–H and O–H groups in total. The van der Waals surface area contributed by atoms with E-state index in [1.54, 1.807) is 11.4 Å². The van der Waals surface area contributed by atoms with E-state index in [1.807, 2.05) is 0 Å². The molecule has 2 heteroatoms. The first kappa shape index (κ1) is 3.81. The average molecular weight is 101 g/mol. The van der Waals surface area contributed by atoms with Gasteiger partial charge in [-0.25, -0.2) is 0 Å². The van der Waals surface area contributed by atoms with E-state index in [4.69, 9.17) is 0 Å². The van der Waals surface area contributed by atoms with Crippen LogP contribution in [-0.4, -0.2) is 0 Å². The van der Waals surface area contributed by atoms with Crippen molar-refractivity contribution < 1.29 is 4.39 Å². The minimum atomic E-state index is -0.116. The van der Waals surface area contributed by atoms with Crippen molar-refractivity contribution in [3.05, 3.63) is 22.6 Å². The van der Waals surface area contributed by atoms with Gasteiger partial charge in [0.2, 0.25) is 0 Å². The summed E-state index contributed by atoms with van der Waals surface area (Å²) in [6, 6.07) is 3.12. The van der Waals surface area contributed by atoms with Crippen LogP contribution in [0.5, 0.6) is 0 Å². The zero-order valence-corrected chi connectivity index (χ0v) is 3.83. The number of rotatable bonds is 0. The van der Waals surface area contributed by atoms with E-state index >= 15 is 0 Å². The normalized spacial score (nSPS) is 8.83. The lowest BCUT2D eigenvalue weighted by Crippen LogP contribution is -1.43. The molecule has 0 fully saturated rings. The summed E-state index contributed by atoms with van der Waals surface area (Å²) < 4.78 is 11.7. The van der Waals surface area contributed by atoms with Gasteiger partial charge in [-0.1, -0.05) is 0 Å². The van der Waals surface area contributed by atoms with E-state index in [0.717, 1.165) is 11.3 Å². The summed E-state index contributed by atoms with van der Waals surface area (Å²) in [5, 5.41) is 1.59. The fourth-order valence-electron chi connectivity index (χ4n) is 0.259. The summed E-state index contributed by atoms with van der Waals surface area (Å²) in [7, 11) is 0. The van der Waals surface area contributed by atoms with Crippen LogP contribution in [-0.2, 0) is 0 Å². The molecule has 0 unspecified atom stereocenters. The Balaban J connectivity index is 3.05. The van der Waals surface area contributed by atoms with E-state index in [9.17, 15) is 4.39 Å². The van der Waals surface area contributed by atoms with E-state index < -0.39 is 0 Å². The second-order valence-corrected chi connectivity index (χ2v) is 1.82. The fraction of sp³-hybridized carbons (Fsp3) is 0. The van der Waals surface area contributed by atoms with Crippen molar-refractivity contribution in [2.75, 3.05) is 0 Å². The first-order valence-corrected chi connectivity index (χ1v) is 2.46. The van der Waals surface area contributed by atoms with Gasteiger partial charge in [0.15, 0.2) is 5.13 Å². The molecule has 0 spiro atoms. The van der Waals surface area contributed by atoms with Crippen LogP contribution >= 0.6 is 11.3 Å². The maximum Gasteiger partial charge on any atom is 0.176 e. The highest BCUT2D eigenvalue weighted by Gasteiger charge is 1.80. The lowest BCUT2D eigenvalue weighted by atomic mass is 10.7. The molecule has 0 bridgehead atoms. The SMILES string of the molecule is [18F]c1cccs1. The number of hydrogen-bond donors (Lipinski definition) is 0. The quantitative estimate of drug-likeness (QED) is 0.468. The molecule has 0 aliphatic heterocycles. The summed E-state index contributed by atoms with van der Waals surface area (Å²) in [6.45, 7) is 0. The molecule has 0 nitrogen and oxygen atoms in total. The standard InChI is InChI=1S/C4H3FS/c5-4-2-1-3-6-4/h1-3H/i5-1. The predicted octanol–water partition coefficient (Wildman–Crippen LogP) is 1.89. The van der Waals surface area contributed by atoms with Gasteiger partial charge >= 0.3 is 0 Å². The summed E-state index contributed by atoms with van der Waals surface area (Å²) in [5.41, 5.74) is 0. The van der Waals surface area contributed by atoms with Crippen molar-refractivity contribution in [3.63, 3.8) is 0 Å². The van der Waals surface area contributed by atoms with Gasteiger partial charge in [0.25, 0.3) is 0 Å². The second-order valence-electron chi connectivity index (χ2n) is 0.917. The summed E-state index contributed by atoms with van der Waals surface area (Å²) in [4.78, 5) is 0. The van der Waals surface area contributed by atoms with Crippen molar-refractivity contribution in [3.8, 4) is 0 Å². The fourth-order valence-corrected chi connectivity index (χ4v) is 0.703. The van der Waals surface area contributed by atoms with Gasteiger partial charge < -0.3 is 0 Å². The van der Waals surface area contributed by atoms with E-state index in [0.29, 0.717) is 0 Å². The number of hydrogen-bond acceptors (Lipinski definition) is 1. The molecular formula is C4H3FS. The first-order chi connectivity index (χ1) is 2.89. The van der Waals surface area contributed by atoms with Gasteiger partial charge in [0.1, 0.15) is 0 Å². The van der Waals surface area contributed by atoms with Crippen molar-refractivity contribution in [2.24, 2.45) is 0 Å². The van der Waals surface area contributed by atoms with Crippen molar-refractivity contribution in [1.29, 1.82) is 0 Å². The Kier molecular flexibility index (Phi) is 0.881. The minimum absolute atomic E-state index is 0.116. The molecule has 0 aromatic carbocycles. The molecule has 1 rings (SSSR count). The van der Waals surface area contributed by atoms with Gasteiger partial charge in [0, 0.05) is 0 Å². The molecule has 0 radical (unpaired) electrons. The van der Waals surface area contributed by atoms with Gasteiger partial charge in [-0.2, -0.15) is 4.39 Å². The van der Waals surface area contributed by atoms with Crippen LogP contribution in [0, 0.1) is 5.13 Å². The highest BCUT2D eigenvalue weighted by atomic mass is 32.1. The Bertz CT molecular complexity index is 111. The highest BCUT2D eigenvalue weighted by molar-refractivity contribution is 7.08. The Hall–Kier alpha value is -0.370. The third kappa shape index (κ3) is 0.571. The molecule has 32 valence electrons. The Labute approximate surface area is 39.2 Å². The molecule has 1 heterocycles. The molecule has 1 aromatic rings. The minimum Gasteiger partial charge on any atom is -0.195 e. The molecule has 1 aromatic heterocycles. The lowest BCUT2D eigenvalue weighted by molar-refractivity contribution is 0.657. The highest BCUT2D eigenvalue weighted by Crippen LogP contribution is 2.02. The topological polar surface area (TPSA) is 0 Å². The molecular weight excluding hydrogens is 98.1 g/mol. The van der Waals surface area contributed by atoms with Crippen molar-refractivity contribution in [1.82, 2.24) is 0 Å². The summed E-state index contributed by atoms with van der Waals surface area (Å²) in [5.74, 6) is 0. The van der Waals surface area contributed by atoms with Crippen LogP contribution in [0.25, 0.3) is 0 Å². The lowest BCUT2D eigenvalue weighted by Gasteiger charge is -1.60. The third-order valence-corrected chi connectivity index (χ3v) is 1.14. The molecule has 0 amide bonds. The van der Waals surface area contributed by atoms with Crippen molar-refractivity contribution in [2.45, 2.75) is 0 Å². The van der Waals surface area contributed by atoms with Crippen LogP contribution < -0.4 is 0 Å². The Morgan fingerprint density at radius 3 is 2.67 bits per heavy atom. The zero-order chi connectivity index (χ0) is 4.41. The van der Waals surface area contributed by atoms with Crippen LogP contribution in [0.15, 0.2) is 17.5 Å². The molecule has 0 atom stereocenters. The Morgan fingerprint density at radius 2 is 2.50 bits per heavy atom. The van der Waals surface area contributed by atoms with E-state index in [1.165, 1.54) is 6.07 Å². The predicted molar refractivity (Wildman–Crippen MR) is 24.3 cm³/mol. The van der Waals surface area contributed by atoms with Gasteiger partial charge in [-0.15, -0.1) is 11.3 Å². The maximum absolute atomic E-state index is 11.7. The van der Waals surface area contributed by atoms with Crippen LogP contribution in [0.4, 0.5) is 4.39 Å². The molecule has 0 aliphatic carbocycles. The van der Waals surface area contributed by atoms with E-state index in [-0.39, 0.29) is 5.13 Å². The zero-order valence-electron chi connectivity index (χ0n) is 3.02. The molecule has 0 aliphatic rings. The number of thiophene rings is 1.